The fourth-order valence-electron chi connectivity index (χ4n) is 4.16. The van der Waals surface area contributed by atoms with E-state index >= 15 is 0 Å². The largest absolute Gasteiger partial charge is 0.452 e. The predicted octanol–water partition coefficient (Wildman–Crippen LogP) is 8.84. The summed E-state index contributed by atoms with van der Waals surface area (Å²) >= 11 is 0. The Kier molecular flexibility index (Phi) is 14.8. The summed E-state index contributed by atoms with van der Waals surface area (Å²) in [6.07, 6.45) is 10.9. The van der Waals surface area contributed by atoms with E-state index in [-0.39, 0.29) is 18.9 Å². The Morgan fingerprint density at radius 3 is 2.33 bits per heavy atom. The Morgan fingerprint density at radius 1 is 1.00 bits per heavy atom. The zero-order chi connectivity index (χ0) is 34.3. The van der Waals surface area contributed by atoms with Gasteiger partial charge in [0.15, 0.2) is 23.0 Å². The molecule has 5 rings (SSSR count). The van der Waals surface area contributed by atoms with Gasteiger partial charge in [0.2, 0.25) is 6.41 Å². The molecule has 48 heavy (non-hydrogen) atoms. The molecule has 0 aliphatic carbocycles. The smallest absolute Gasteiger partial charge is 0.325 e. The molecular formula is C36H39F2N7O3. The first kappa shape index (κ1) is 38.0. The summed E-state index contributed by atoms with van der Waals surface area (Å²) in [6, 6.07) is 13.3. The SMILES string of the molecule is C.C/C(=C/c1ccnc(Nc2ccc(Oc3ccnc4[nH]c(=O)[nH]c34)c(F)c2)c1C)N(C=O)c1ccc(F)cc1.C=C.CC=N/C=C\C. The van der Waals surface area contributed by atoms with E-state index in [9.17, 15) is 18.4 Å². The zero-order valence-electron chi connectivity index (χ0n) is 26.4. The van der Waals surface area contributed by atoms with Crippen LogP contribution >= 0.6 is 0 Å². The molecule has 10 nitrogen and oxygen atoms in total. The van der Waals surface area contributed by atoms with Gasteiger partial charge in [0.05, 0.1) is 0 Å². The molecule has 0 aliphatic heterocycles. The van der Waals surface area contributed by atoms with Crippen LogP contribution in [0.15, 0.2) is 108 Å². The molecule has 0 unspecified atom stereocenters. The molecular weight excluding hydrogens is 616 g/mol. The van der Waals surface area contributed by atoms with Gasteiger partial charge in [0.25, 0.3) is 0 Å². The van der Waals surface area contributed by atoms with E-state index in [2.05, 4.69) is 43.4 Å². The van der Waals surface area contributed by atoms with Crippen molar-refractivity contribution in [2.45, 2.75) is 35.1 Å². The van der Waals surface area contributed by atoms with Crippen molar-refractivity contribution in [3.63, 3.8) is 0 Å². The van der Waals surface area contributed by atoms with Crippen LogP contribution < -0.4 is 20.6 Å². The van der Waals surface area contributed by atoms with Gasteiger partial charge in [0.1, 0.15) is 17.2 Å². The number of aliphatic imine (C=N–C) groups is 1. The average molecular weight is 656 g/mol. The molecule has 0 spiro atoms. The normalized spacial score (nSPS) is 10.8. The van der Waals surface area contributed by atoms with Crippen molar-refractivity contribution in [3.8, 4) is 11.5 Å². The standard InChI is InChI=1S/C28H22F2N6O3.C5H9N.C2H4.CH4/c1-16(36(15-37)21-6-3-19(29)4-7-21)13-18-9-11-31-26(17(18)2)33-20-5-8-23(22(30)14-20)39-24-10-12-32-27-25(24)34-28(38)35-27;1-3-5-6-4-2;1-2;/h3-15H,1-2H3,(H,31,33)(H2,32,34,35,38);3-5H,1-2H3;1-2H2;1H4/b16-13-;5-3-,6-4?;;. The third-order valence-electron chi connectivity index (χ3n) is 6.38. The van der Waals surface area contributed by atoms with Gasteiger partial charge in [-0.25, -0.2) is 23.5 Å². The molecule has 250 valence electrons. The summed E-state index contributed by atoms with van der Waals surface area (Å²) in [5.74, 6) is -0.329. The molecule has 0 radical (unpaired) electrons. The highest BCUT2D eigenvalue weighted by molar-refractivity contribution is 5.83. The van der Waals surface area contributed by atoms with Crippen LogP contribution in [-0.4, -0.2) is 32.6 Å². The summed E-state index contributed by atoms with van der Waals surface area (Å²) in [5.41, 5.74) is 3.30. The molecule has 0 atom stereocenters. The van der Waals surface area contributed by atoms with Crippen molar-refractivity contribution in [2.24, 2.45) is 4.99 Å². The molecule has 3 aromatic heterocycles. The molecule has 3 heterocycles. The van der Waals surface area contributed by atoms with E-state index in [1.807, 2.05) is 26.8 Å². The zero-order valence-corrected chi connectivity index (χ0v) is 26.4. The van der Waals surface area contributed by atoms with Gasteiger partial charge in [0, 0.05) is 54.0 Å². The molecule has 2 aromatic carbocycles. The number of anilines is 3. The van der Waals surface area contributed by atoms with Crippen LogP contribution in [0.25, 0.3) is 17.2 Å². The molecule has 1 amide bonds. The maximum absolute atomic E-state index is 15.0. The van der Waals surface area contributed by atoms with Gasteiger partial charge in [-0.15, -0.1) is 13.2 Å². The number of nitrogens with zero attached hydrogens (tertiary/aromatic N) is 4. The van der Waals surface area contributed by atoms with Gasteiger partial charge in [-0.05, 0) is 87.4 Å². The number of aromatic nitrogens is 4. The number of hydrogen-bond donors (Lipinski definition) is 3. The van der Waals surface area contributed by atoms with Crippen molar-refractivity contribution in [1.82, 2.24) is 19.9 Å². The monoisotopic (exact) mass is 655 g/mol. The third-order valence-corrected chi connectivity index (χ3v) is 6.38. The van der Waals surface area contributed by atoms with Crippen molar-refractivity contribution >= 4 is 47.1 Å². The van der Waals surface area contributed by atoms with Crippen LogP contribution in [0, 0.1) is 18.6 Å². The third kappa shape index (κ3) is 9.91. The minimum absolute atomic E-state index is 0. The average Bonchev–Trinajstić information content (AvgIpc) is 3.47. The number of rotatable bonds is 9. The topological polar surface area (TPSA) is 128 Å². The van der Waals surface area contributed by atoms with Crippen LogP contribution in [0.5, 0.6) is 11.5 Å². The Hall–Kier alpha value is -6.17. The molecule has 0 fully saturated rings. The Balaban J connectivity index is 0.000000803. The number of fused-ring (bicyclic) bond motifs is 1. The first-order valence-corrected chi connectivity index (χ1v) is 14.3. The highest BCUT2D eigenvalue weighted by Crippen LogP contribution is 2.31. The van der Waals surface area contributed by atoms with Gasteiger partial charge in [-0.3, -0.25) is 19.7 Å². The Bertz CT molecular complexity index is 1940. The lowest BCUT2D eigenvalue weighted by atomic mass is 10.1. The lowest BCUT2D eigenvalue weighted by Crippen LogP contribution is -2.18. The van der Waals surface area contributed by atoms with Crippen LogP contribution in [-0.2, 0) is 4.79 Å². The highest BCUT2D eigenvalue weighted by Gasteiger charge is 2.13. The molecule has 3 N–H and O–H groups in total. The number of halogens is 2. The molecule has 0 saturated heterocycles. The van der Waals surface area contributed by atoms with Crippen LogP contribution in [0.4, 0.5) is 26.0 Å². The van der Waals surface area contributed by atoms with E-state index in [1.54, 1.807) is 43.7 Å². The molecule has 0 bridgehead atoms. The highest BCUT2D eigenvalue weighted by atomic mass is 19.1. The number of imidazole rings is 1. The number of carbonyl (C=O) groups excluding carboxylic acids is 1. The van der Waals surface area contributed by atoms with Crippen LogP contribution in [0.2, 0.25) is 0 Å². The first-order chi connectivity index (χ1) is 22.7. The second-order valence-electron chi connectivity index (χ2n) is 9.49. The number of ether oxygens (including phenoxy) is 1. The van der Waals surface area contributed by atoms with Crippen molar-refractivity contribution in [1.29, 1.82) is 0 Å². The number of H-pyrrole nitrogens is 2. The molecule has 5 aromatic rings. The number of hydrogen-bond acceptors (Lipinski definition) is 7. The maximum Gasteiger partial charge on any atom is 0.325 e. The minimum atomic E-state index is -0.631. The fraction of sp³-hybridized carbons (Fsp3) is 0.139. The lowest BCUT2D eigenvalue weighted by Gasteiger charge is -2.19. The second-order valence-corrected chi connectivity index (χ2v) is 9.49. The number of aromatic amines is 2. The summed E-state index contributed by atoms with van der Waals surface area (Å²) in [5, 5.41) is 3.11. The van der Waals surface area contributed by atoms with Crippen molar-refractivity contribution in [3.05, 3.63) is 131 Å². The summed E-state index contributed by atoms with van der Waals surface area (Å²) in [6.45, 7) is 13.4. The summed E-state index contributed by atoms with van der Waals surface area (Å²) in [4.78, 5) is 42.0. The van der Waals surface area contributed by atoms with Gasteiger partial charge in [-0.2, -0.15) is 0 Å². The number of benzene rings is 2. The van der Waals surface area contributed by atoms with Gasteiger partial charge in [-0.1, -0.05) is 13.5 Å². The fourth-order valence-corrected chi connectivity index (χ4v) is 4.16. The van der Waals surface area contributed by atoms with Crippen LogP contribution in [0.3, 0.4) is 0 Å². The van der Waals surface area contributed by atoms with Gasteiger partial charge >= 0.3 is 5.69 Å². The van der Waals surface area contributed by atoms with Crippen molar-refractivity contribution < 1.29 is 18.3 Å². The van der Waals surface area contributed by atoms with E-state index in [0.29, 0.717) is 40.5 Å². The molecule has 12 heteroatoms. The van der Waals surface area contributed by atoms with E-state index in [4.69, 9.17) is 4.74 Å². The lowest BCUT2D eigenvalue weighted by molar-refractivity contribution is -0.107. The number of carbonyl (C=O) groups is 1. The quantitative estimate of drug-likeness (QED) is 0.0827. The molecule has 0 saturated carbocycles. The summed E-state index contributed by atoms with van der Waals surface area (Å²) in [7, 11) is 0. The van der Waals surface area contributed by atoms with Crippen LogP contribution in [0.1, 0.15) is 39.3 Å². The predicted molar refractivity (Wildman–Crippen MR) is 191 cm³/mol. The van der Waals surface area contributed by atoms with Gasteiger partial charge < -0.3 is 15.0 Å². The summed E-state index contributed by atoms with van der Waals surface area (Å²) < 4.78 is 34.0. The maximum atomic E-state index is 15.0. The Morgan fingerprint density at radius 2 is 1.71 bits per heavy atom. The van der Waals surface area contributed by atoms with E-state index in [0.717, 1.165) is 11.1 Å². The number of amides is 1. The van der Waals surface area contributed by atoms with E-state index in [1.165, 1.54) is 53.6 Å². The number of allylic oxidation sites excluding steroid dienone is 2. The van der Waals surface area contributed by atoms with E-state index < -0.39 is 17.3 Å². The van der Waals surface area contributed by atoms with Crippen molar-refractivity contribution in [2.75, 3.05) is 10.2 Å². The second kappa shape index (κ2) is 18.7. The minimum Gasteiger partial charge on any atom is -0.452 e. The number of nitrogens with one attached hydrogen (secondary N) is 3. The number of pyridine rings is 2. The Labute approximate surface area is 278 Å². The molecule has 0 aliphatic rings. The first-order valence-electron chi connectivity index (χ1n) is 14.3.